The number of aliphatic hydroxyl groups excluding tert-OH is 12. The second kappa shape index (κ2) is 21.0. The fraction of sp³-hybridized carbons (Fsp3) is 0.925. The number of allylic oxidation sites excluding steroid dienone is 2. The van der Waals surface area contributed by atoms with Crippen LogP contribution in [0.4, 0.5) is 0 Å². The van der Waals surface area contributed by atoms with Crippen LogP contribution in [0.15, 0.2) is 11.6 Å². The van der Waals surface area contributed by atoms with Gasteiger partial charge in [-0.25, -0.2) is 4.79 Å². The van der Waals surface area contributed by atoms with Gasteiger partial charge in [-0.05, 0) is 109 Å². The van der Waals surface area contributed by atoms with Gasteiger partial charge in [0.2, 0.25) is 6.29 Å². The van der Waals surface area contributed by atoms with Crippen LogP contribution < -0.4 is 0 Å². The Balaban J connectivity index is 0.996. The second-order valence-corrected chi connectivity index (χ2v) is 25.9. The van der Waals surface area contributed by atoms with Crippen LogP contribution in [0.3, 0.4) is 0 Å². The van der Waals surface area contributed by atoms with Crippen LogP contribution >= 0.6 is 0 Å². The third-order valence-corrected chi connectivity index (χ3v) is 21.0. The highest BCUT2D eigenvalue weighted by molar-refractivity contribution is 5.79. The van der Waals surface area contributed by atoms with Crippen LogP contribution in [0, 0.1) is 50.2 Å². The van der Waals surface area contributed by atoms with E-state index in [2.05, 4.69) is 54.5 Å². The summed E-state index contributed by atoms with van der Waals surface area (Å²) in [4.78, 5) is 27.6. The first-order valence-corrected chi connectivity index (χ1v) is 27.2. The quantitative estimate of drug-likeness (QED) is 0.0649. The number of aliphatic carboxylic acids is 1. The molecule has 0 aromatic heterocycles. The lowest BCUT2D eigenvalue weighted by atomic mass is 9.33. The summed E-state index contributed by atoms with van der Waals surface area (Å²) in [5.74, 6) is -2.22. The van der Waals surface area contributed by atoms with Crippen molar-refractivity contribution < 1.29 is 114 Å². The topological polar surface area (TPSA) is 371 Å². The lowest BCUT2D eigenvalue weighted by molar-refractivity contribution is -0.391. The first-order valence-electron chi connectivity index (χ1n) is 27.2. The zero-order chi connectivity index (χ0) is 55.6. The minimum atomic E-state index is -2.10. The van der Waals surface area contributed by atoms with Gasteiger partial charge in [0.15, 0.2) is 25.0 Å². The molecule has 0 spiro atoms. The fourth-order valence-corrected chi connectivity index (χ4v) is 16.2. The van der Waals surface area contributed by atoms with Crippen molar-refractivity contribution in [3.05, 3.63) is 11.6 Å². The molecule has 76 heavy (non-hydrogen) atoms. The number of hydrogen-bond acceptors (Lipinski definition) is 22. The Morgan fingerprint density at radius 2 is 1.20 bits per heavy atom. The van der Waals surface area contributed by atoms with E-state index in [1.807, 2.05) is 0 Å². The SMILES string of the molecule is CC1(C)CC[C@]2(C(=O)O[C@@H]3O[C@H](CO)[C@@H](O)[C@H](O)[C@H]3O)CC[C@]3(C)C(=CC[C@@H]4[C@@]5(C)CC[C@H](O[C@@H]6O[C@H](C(=O)O)[C@@H](O)[C@H](O[C@@H]7O[C@H](CO)[C@H](O)[C@H](O)[C@H]7O)[C@H]6O[C@@H]6OC[C@@H](O)[C@H](O)[C@H]6O)C(C)(C)C5CC[C@]43C)[C@@H]2C1. The number of rotatable bonds is 11. The van der Waals surface area contributed by atoms with Crippen molar-refractivity contribution in [2.45, 2.75) is 235 Å². The van der Waals surface area contributed by atoms with Gasteiger partial charge in [-0.1, -0.05) is 60.1 Å². The predicted octanol–water partition coefficient (Wildman–Crippen LogP) is -1.30. The van der Waals surface area contributed by atoms with Crippen LogP contribution in [0.1, 0.15) is 113 Å². The van der Waals surface area contributed by atoms with Crippen LogP contribution in [0.5, 0.6) is 0 Å². The molecule has 8 fully saturated rings. The fourth-order valence-electron chi connectivity index (χ4n) is 16.2. The Labute approximate surface area is 442 Å². The highest BCUT2D eigenvalue weighted by Crippen LogP contribution is 2.76. The number of carboxylic acid groups (broad SMARTS) is 1. The van der Waals surface area contributed by atoms with Crippen LogP contribution in [0.25, 0.3) is 0 Å². The monoisotopic (exact) mass is 1090 g/mol. The summed E-state index contributed by atoms with van der Waals surface area (Å²) >= 11 is 0. The van der Waals surface area contributed by atoms with E-state index in [9.17, 15) is 76.0 Å². The molecule has 0 radical (unpaired) electrons. The summed E-state index contributed by atoms with van der Waals surface area (Å²) in [7, 11) is 0. The van der Waals surface area contributed by atoms with Gasteiger partial charge in [-0.15, -0.1) is 0 Å². The molecule has 0 bridgehead atoms. The van der Waals surface area contributed by atoms with E-state index >= 15 is 0 Å². The Hall–Kier alpha value is -2.08. The van der Waals surface area contributed by atoms with Gasteiger partial charge in [0.1, 0.15) is 85.5 Å². The van der Waals surface area contributed by atoms with Crippen LogP contribution in [-0.2, 0) is 47.5 Å². The minimum Gasteiger partial charge on any atom is -0.479 e. The second-order valence-electron chi connectivity index (χ2n) is 25.9. The number of fused-ring (bicyclic) bond motifs is 7. The third-order valence-electron chi connectivity index (χ3n) is 21.0. The van der Waals surface area contributed by atoms with Crippen molar-refractivity contribution in [1.29, 1.82) is 0 Å². The van der Waals surface area contributed by atoms with Crippen molar-refractivity contribution in [3.8, 4) is 0 Å². The Bertz CT molecular complexity index is 2140. The zero-order valence-electron chi connectivity index (χ0n) is 44.4. The molecule has 4 saturated carbocycles. The van der Waals surface area contributed by atoms with E-state index < -0.39 is 165 Å². The minimum absolute atomic E-state index is 0.00491. The van der Waals surface area contributed by atoms with Gasteiger partial charge >= 0.3 is 11.9 Å². The van der Waals surface area contributed by atoms with E-state index in [1.54, 1.807) is 0 Å². The maximum atomic E-state index is 14.8. The Morgan fingerprint density at radius 3 is 1.83 bits per heavy atom. The molecule has 9 aliphatic rings. The average molecular weight is 1090 g/mol. The molecule has 0 amide bonds. The van der Waals surface area contributed by atoms with Gasteiger partial charge < -0.3 is 104 Å². The average Bonchev–Trinajstić information content (AvgIpc) is 3.53. The number of aliphatic hydroxyl groups is 12. The van der Waals surface area contributed by atoms with Gasteiger partial charge in [0, 0.05) is 0 Å². The Kier molecular flexibility index (Phi) is 16.2. The lowest BCUT2D eigenvalue weighted by Crippen LogP contribution is -2.68. The van der Waals surface area contributed by atoms with Crippen LogP contribution in [-0.4, -0.2) is 221 Å². The summed E-state index contributed by atoms with van der Waals surface area (Å²) in [6.45, 7) is 13.7. The van der Waals surface area contributed by atoms with E-state index in [1.165, 1.54) is 5.57 Å². The van der Waals surface area contributed by atoms with Gasteiger partial charge in [0.25, 0.3) is 0 Å². The maximum absolute atomic E-state index is 14.8. The molecule has 1 unspecified atom stereocenters. The van der Waals surface area contributed by atoms with E-state index in [0.29, 0.717) is 44.9 Å². The first-order chi connectivity index (χ1) is 35.5. The van der Waals surface area contributed by atoms with Crippen LogP contribution in [0.2, 0.25) is 0 Å². The van der Waals surface area contributed by atoms with E-state index in [4.69, 9.17) is 37.9 Å². The highest BCUT2D eigenvalue weighted by atomic mass is 16.8. The van der Waals surface area contributed by atoms with Gasteiger partial charge in [-0.2, -0.15) is 0 Å². The van der Waals surface area contributed by atoms with E-state index in [0.717, 1.165) is 19.3 Å². The normalized spacial score (nSPS) is 52.9. The molecule has 13 N–H and O–H groups in total. The molecule has 4 aliphatic heterocycles. The lowest BCUT2D eigenvalue weighted by Gasteiger charge is -2.71. The largest absolute Gasteiger partial charge is 0.479 e. The summed E-state index contributed by atoms with van der Waals surface area (Å²) in [6.07, 6.45) is -25.0. The number of ether oxygens (including phenoxy) is 8. The summed E-state index contributed by atoms with van der Waals surface area (Å²) in [5.41, 5.74) is -1.43. The molecule has 27 atom stereocenters. The van der Waals surface area contributed by atoms with Gasteiger partial charge in [0.05, 0.1) is 31.3 Å². The molecule has 0 aromatic rings. The van der Waals surface area contributed by atoms with Crippen molar-refractivity contribution in [1.82, 2.24) is 0 Å². The molecule has 9 rings (SSSR count). The molecular weight excluding hydrogens is 1000 g/mol. The molecule has 4 heterocycles. The van der Waals surface area contributed by atoms with Crippen molar-refractivity contribution >= 4 is 11.9 Å². The molecular formula is C53H84O23. The van der Waals surface area contributed by atoms with Crippen molar-refractivity contribution in [3.63, 3.8) is 0 Å². The number of carbonyl (C=O) groups is 2. The van der Waals surface area contributed by atoms with E-state index in [-0.39, 0.29) is 39.4 Å². The Morgan fingerprint density at radius 1 is 0.605 bits per heavy atom. The highest BCUT2D eigenvalue weighted by Gasteiger charge is 2.70. The molecule has 23 nitrogen and oxygen atoms in total. The predicted molar refractivity (Wildman–Crippen MR) is 257 cm³/mol. The zero-order valence-corrected chi connectivity index (χ0v) is 44.4. The molecule has 5 aliphatic carbocycles. The number of esters is 1. The number of carboxylic acids is 1. The summed E-state index contributed by atoms with van der Waals surface area (Å²) < 4.78 is 48.1. The maximum Gasteiger partial charge on any atom is 0.335 e. The van der Waals surface area contributed by atoms with Crippen molar-refractivity contribution in [2.75, 3.05) is 19.8 Å². The summed E-state index contributed by atoms with van der Waals surface area (Å²) in [5, 5.41) is 138. The molecule has 23 heteroatoms. The molecule has 434 valence electrons. The number of carbonyl (C=O) groups excluding carboxylic acids is 1. The first kappa shape index (κ1) is 58.6. The standard InChI is InChI=1S/C53H84O23/c1-48(2)14-16-53(47(68)76-45-37(64)34(61)32(59)26(20-55)71-45)17-15-51(6)22(23(53)18-48)8-9-28-50(5)12-11-29(49(3,4)27(50)10-13-52(28,51)7)72-46-41(75-43-35(62)30(57)24(56)21-69-43)39(38(65)40(74-46)42(66)67)73-44-36(63)33(60)31(58)25(19-54)70-44/h8,23-41,43-46,54-65H,9-21H2,1-7H3,(H,66,67)/t23-,24+,25+,26+,27?,28+,29-,30-,31-,32+,33-,34-,35+,36+,37+,38-,39-,40-,41+,43-,44-,45-,46+,50-,51+,52+,53-/m0/s1. The number of hydrogen-bond donors (Lipinski definition) is 13. The van der Waals surface area contributed by atoms with Crippen molar-refractivity contribution in [2.24, 2.45) is 50.2 Å². The van der Waals surface area contributed by atoms with Gasteiger partial charge in [-0.3, -0.25) is 4.79 Å². The summed E-state index contributed by atoms with van der Waals surface area (Å²) in [6, 6.07) is 0. The third kappa shape index (κ3) is 9.42. The molecule has 4 saturated heterocycles. The molecule has 0 aromatic carbocycles. The smallest absolute Gasteiger partial charge is 0.335 e.